The van der Waals surface area contributed by atoms with Crippen LogP contribution in [0, 0.1) is 0 Å². The lowest BCUT2D eigenvalue weighted by Gasteiger charge is -2.48. The molecule has 16 heteroatoms. The summed E-state index contributed by atoms with van der Waals surface area (Å²) in [5, 5.41) is 8.99. The van der Waals surface area contributed by atoms with E-state index in [1.54, 1.807) is 37.3 Å². The molecule has 1 unspecified atom stereocenters. The lowest BCUT2D eigenvalue weighted by atomic mass is 10.00. The average Bonchev–Trinajstić information content (AvgIpc) is 3.86. The maximum atomic E-state index is 13.4. The normalized spacial score (nSPS) is 19.2. The molecular weight excluding hydrogens is 741 g/mol. The highest BCUT2D eigenvalue weighted by atomic mass is 16.2. The first-order valence-electron chi connectivity index (χ1n) is 20.0. The maximum absolute atomic E-state index is 13.4. The van der Waals surface area contributed by atoms with Crippen LogP contribution < -0.4 is 20.9 Å². The molecule has 5 amide bonds. The minimum atomic E-state index is -0.834. The van der Waals surface area contributed by atoms with Crippen molar-refractivity contribution in [2.45, 2.75) is 63.6 Å². The molecule has 302 valence electrons. The fraction of sp³-hybridized carbons (Fsp3) is 0.429. The van der Waals surface area contributed by atoms with Crippen LogP contribution in [-0.4, -0.2) is 130 Å². The van der Waals surface area contributed by atoms with E-state index in [9.17, 15) is 28.8 Å². The van der Waals surface area contributed by atoms with Crippen molar-refractivity contribution in [3.8, 4) is 0 Å². The lowest BCUT2D eigenvalue weighted by molar-refractivity contribution is -0.134. The van der Waals surface area contributed by atoms with Gasteiger partial charge in [-0.25, -0.2) is 4.98 Å². The van der Waals surface area contributed by atoms with Crippen LogP contribution in [0.2, 0.25) is 0 Å². The van der Waals surface area contributed by atoms with E-state index >= 15 is 0 Å². The topological polar surface area (TPSA) is 182 Å². The Morgan fingerprint density at radius 3 is 2.26 bits per heavy atom. The molecule has 1 aliphatic carbocycles. The van der Waals surface area contributed by atoms with E-state index in [2.05, 4.69) is 35.3 Å². The van der Waals surface area contributed by atoms with Crippen molar-refractivity contribution in [3.05, 3.63) is 77.1 Å². The van der Waals surface area contributed by atoms with E-state index in [4.69, 9.17) is 4.98 Å². The molecule has 8 rings (SSSR count). The first kappa shape index (κ1) is 38.7. The number of carbonyl (C=O) groups excluding carboxylic acids is 6. The summed E-state index contributed by atoms with van der Waals surface area (Å²) in [7, 11) is 3.51. The highest BCUT2D eigenvalue weighted by Gasteiger charge is 2.37. The van der Waals surface area contributed by atoms with Crippen molar-refractivity contribution in [1.82, 2.24) is 39.9 Å². The number of likely N-dealkylation sites (tertiary alicyclic amines) is 1. The second-order valence-corrected chi connectivity index (χ2v) is 15.9. The standard InChI is InChI=1S/C42H48N10O6/c1-25(53)33-21-30(12-13-32(33)38(55)45-34-14-15-36(54)46-39(34)56)49-16-18-50(19-17-49)31-23-51(24-31)40(57)26-8-10-28(11-9-26)44-42-43-22-27-20-35(41(58)48(2)3)52(37(27)47-42)29-6-4-5-7-29/h8-13,20-22,29,31,34H,4-7,14-19,23-24H2,1-3H3,(H,45,55)(H,43,44,47)(H,46,54,56). The van der Waals surface area contributed by atoms with Crippen LogP contribution in [-0.2, 0) is 9.59 Å². The number of fused-ring (bicyclic) bond motifs is 1. The van der Waals surface area contributed by atoms with Gasteiger partial charge in [-0.1, -0.05) is 12.8 Å². The van der Waals surface area contributed by atoms with Crippen LogP contribution in [0.15, 0.2) is 54.7 Å². The number of nitrogens with zero attached hydrogens (tertiary/aromatic N) is 7. The van der Waals surface area contributed by atoms with Crippen LogP contribution in [0.25, 0.3) is 11.0 Å². The molecule has 1 saturated carbocycles. The van der Waals surface area contributed by atoms with E-state index < -0.39 is 17.9 Å². The van der Waals surface area contributed by atoms with Crippen molar-refractivity contribution in [2.75, 3.05) is 63.6 Å². The number of anilines is 3. The third-order valence-corrected chi connectivity index (χ3v) is 11.8. The van der Waals surface area contributed by atoms with Gasteiger partial charge in [-0.05, 0) is 74.7 Å². The molecule has 16 nitrogen and oxygen atoms in total. The van der Waals surface area contributed by atoms with Crippen LogP contribution >= 0.6 is 0 Å². The van der Waals surface area contributed by atoms with Gasteiger partial charge in [0.2, 0.25) is 17.8 Å². The van der Waals surface area contributed by atoms with Gasteiger partial charge in [0.15, 0.2) is 5.78 Å². The fourth-order valence-corrected chi connectivity index (χ4v) is 8.48. The van der Waals surface area contributed by atoms with Gasteiger partial charge in [-0.15, -0.1) is 0 Å². The minimum absolute atomic E-state index is 0.0231. The fourth-order valence-electron chi connectivity index (χ4n) is 8.48. The third-order valence-electron chi connectivity index (χ3n) is 11.8. The number of imide groups is 1. The molecule has 0 bridgehead atoms. The molecule has 0 radical (unpaired) electrons. The Kier molecular flexibility index (Phi) is 10.7. The highest BCUT2D eigenvalue weighted by Crippen LogP contribution is 2.35. The minimum Gasteiger partial charge on any atom is -0.369 e. The van der Waals surface area contributed by atoms with E-state index in [1.807, 2.05) is 41.3 Å². The van der Waals surface area contributed by atoms with Gasteiger partial charge >= 0.3 is 0 Å². The number of carbonyl (C=O) groups is 6. The van der Waals surface area contributed by atoms with Crippen molar-refractivity contribution in [3.63, 3.8) is 0 Å². The largest absolute Gasteiger partial charge is 0.369 e. The molecule has 1 atom stereocenters. The molecule has 4 aliphatic rings. The summed E-state index contributed by atoms with van der Waals surface area (Å²) in [6.07, 6.45) is 6.37. The van der Waals surface area contributed by atoms with Crippen molar-refractivity contribution in [2.24, 2.45) is 0 Å². The molecular formula is C42H48N10O6. The zero-order valence-electron chi connectivity index (χ0n) is 33.0. The number of nitrogens with one attached hydrogen (secondary N) is 3. The highest BCUT2D eigenvalue weighted by molar-refractivity contribution is 6.10. The smallest absolute Gasteiger partial charge is 0.270 e. The molecule has 58 heavy (non-hydrogen) atoms. The number of hydrogen-bond donors (Lipinski definition) is 3. The SMILES string of the molecule is CC(=O)c1cc(N2CCN(C3CN(C(=O)c4ccc(Nc5ncc6cc(C(=O)N(C)C)n(C7CCCC7)c6n5)cc4)C3)CC2)ccc1C(=O)NC1CCC(=O)NC1=O. The van der Waals surface area contributed by atoms with Crippen molar-refractivity contribution >= 4 is 63.7 Å². The number of Topliss-reactive ketones (excluding diaryl/α,β-unsaturated/α-hetero) is 1. The van der Waals surface area contributed by atoms with Crippen LogP contribution in [0.3, 0.4) is 0 Å². The number of piperidine rings is 1. The molecule has 2 aromatic carbocycles. The van der Waals surface area contributed by atoms with Gasteiger partial charge < -0.3 is 29.9 Å². The molecule has 3 N–H and O–H groups in total. The zero-order valence-corrected chi connectivity index (χ0v) is 33.0. The van der Waals surface area contributed by atoms with Gasteiger partial charge in [0.25, 0.3) is 17.7 Å². The Morgan fingerprint density at radius 1 is 0.862 bits per heavy atom. The molecule has 3 saturated heterocycles. The Balaban J connectivity index is 0.840. The van der Waals surface area contributed by atoms with E-state index in [0.29, 0.717) is 30.3 Å². The van der Waals surface area contributed by atoms with E-state index in [1.165, 1.54) is 6.92 Å². The van der Waals surface area contributed by atoms with Gasteiger partial charge in [-0.3, -0.25) is 39.0 Å². The molecule has 0 spiro atoms. The molecule has 4 fully saturated rings. The predicted molar refractivity (Wildman–Crippen MR) is 216 cm³/mol. The van der Waals surface area contributed by atoms with Gasteiger partial charge in [0.05, 0.1) is 5.56 Å². The second kappa shape index (κ2) is 16.0. The molecule has 4 aromatic rings. The second-order valence-electron chi connectivity index (χ2n) is 15.9. The summed E-state index contributed by atoms with van der Waals surface area (Å²) in [5.41, 5.74) is 4.01. The Hall–Kier alpha value is -6.16. The quantitative estimate of drug-likeness (QED) is 0.158. The third kappa shape index (κ3) is 7.75. The predicted octanol–water partition coefficient (Wildman–Crippen LogP) is 3.38. The number of piperazine rings is 1. The summed E-state index contributed by atoms with van der Waals surface area (Å²) in [6.45, 7) is 5.69. The Labute approximate surface area is 335 Å². The van der Waals surface area contributed by atoms with Crippen LogP contribution in [0.4, 0.5) is 17.3 Å². The molecule has 3 aliphatic heterocycles. The molecule has 2 aromatic heterocycles. The van der Waals surface area contributed by atoms with Crippen LogP contribution in [0.5, 0.6) is 0 Å². The van der Waals surface area contributed by atoms with Gasteiger partial charge in [0, 0.05) is 106 Å². The monoisotopic (exact) mass is 788 g/mol. The number of rotatable bonds is 10. The number of ketones is 1. The number of amides is 5. The number of benzene rings is 2. The Morgan fingerprint density at radius 2 is 1.59 bits per heavy atom. The first-order chi connectivity index (χ1) is 27.9. The van der Waals surface area contributed by atoms with Crippen molar-refractivity contribution < 1.29 is 28.8 Å². The summed E-state index contributed by atoms with van der Waals surface area (Å²) < 4.78 is 2.09. The lowest BCUT2D eigenvalue weighted by Crippen LogP contribution is -2.64. The molecule has 5 heterocycles. The summed E-state index contributed by atoms with van der Waals surface area (Å²) in [6, 6.07) is 14.0. The number of aromatic nitrogens is 3. The van der Waals surface area contributed by atoms with E-state index in [-0.39, 0.29) is 59.6 Å². The summed E-state index contributed by atoms with van der Waals surface area (Å²) >= 11 is 0. The zero-order chi connectivity index (χ0) is 40.7. The van der Waals surface area contributed by atoms with E-state index in [0.717, 1.165) is 74.3 Å². The van der Waals surface area contributed by atoms with Crippen molar-refractivity contribution in [1.29, 1.82) is 0 Å². The number of hydrogen-bond acceptors (Lipinski definition) is 11. The maximum Gasteiger partial charge on any atom is 0.270 e. The summed E-state index contributed by atoms with van der Waals surface area (Å²) in [4.78, 5) is 93.2. The van der Waals surface area contributed by atoms with Crippen LogP contribution in [0.1, 0.15) is 93.1 Å². The first-order valence-corrected chi connectivity index (χ1v) is 20.0. The van der Waals surface area contributed by atoms with Gasteiger partial charge in [0.1, 0.15) is 17.4 Å². The van der Waals surface area contributed by atoms with Gasteiger partial charge in [-0.2, -0.15) is 4.98 Å². The Bertz CT molecular complexity index is 2280. The summed E-state index contributed by atoms with van der Waals surface area (Å²) in [5.74, 6) is -1.37. The average molecular weight is 789 g/mol.